The molecule has 1 aliphatic rings. The number of anilines is 2. The van der Waals surface area contributed by atoms with Crippen LogP contribution in [-0.4, -0.2) is 81.3 Å². The minimum Gasteiger partial charge on any atom is -0.462 e. The number of para-hydroxylation sites is 1. The number of halogens is 1. The number of ether oxygens (including phenoxy) is 2. The third-order valence-electron chi connectivity index (χ3n) is 6.25. The molecule has 6 atom stereocenters. The summed E-state index contributed by atoms with van der Waals surface area (Å²) in [6.07, 6.45) is -4.14. The number of esters is 1. The molecule has 4 rings (SSSR count). The molecule has 0 saturated carbocycles. The number of carbonyl (C=O) groups is 1. The number of aromatic nitrogens is 4. The Morgan fingerprint density at radius 2 is 1.93 bits per heavy atom. The number of hydrogen-bond acceptors (Lipinski definition) is 12. The second-order valence-electron chi connectivity index (χ2n) is 10.3. The Kier molecular flexibility index (Phi) is 12.2. The number of fused-ring (bicyclic) bond motifs is 1. The molecule has 1 aromatic carbocycles. The van der Waals surface area contributed by atoms with Gasteiger partial charge in [0.05, 0.1) is 19.0 Å². The number of aliphatic hydroxyl groups excluding tert-OH is 1. The van der Waals surface area contributed by atoms with E-state index in [1.54, 1.807) is 63.2 Å². The van der Waals surface area contributed by atoms with Crippen molar-refractivity contribution in [1.29, 1.82) is 0 Å². The standard InChI is InChI=1S/C25H35FN7O7P.CH3.Pd/c1-14(2)38-23(35)15(3)31-41(36,40-16-10-8-7-9-11-16)37-12-25(4)19(34)17(26)22(39-25)33-13-28-18-20(32(5)6)29-24(27)30-21(18)33;;/h7-11,13-15,17,19,22,34H,12H2,1-6H3,(H,31,36)(H2,27,29,30);1H3;/q;-1;/t15-,17+,19-,22+,25+,41-;;/m0../s1. The van der Waals surface area contributed by atoms with Gasteiger partial charge in [-0.15, -0.1) is 0 Å². The number of nitrogens with one attached hydrogen (secondary N) is 1. The van der Waals surface area contributed by atoms with E-state index in [4.69, 9.17) is 24.3 Å². The van der Waals surface area contributed by atoms with Gasteiger partial charge in [-0.1, -0.05) is 18.2 Å². The number of hydrogen-bond donors (Lipinski definition) is 3. The summed E-state index contributed by atoms with van der Waals surface area (Å²) in [5.41, 5.74) is 4.72. The van der Waals surface area contributed by atoms with Crippen molar-refractivity contribution in [2.24, 2.45) is 0 Å². The van der Waals surface area contributed by atoms with Crippen LogP contribution in [0, 0.1) is 7.43 Å². The molecule has 0 bridgehead atoms. The average Bonchev–Trinajstić information content (AvgIpc) is 3.41. The minimum absolute atomic E-state index is 0. The zero-order chi connectivity index (χ0) is 30.1. The van der Waals surface area contributed by atoms with Crippen molar-refractivity contribution in [1.82, 2.24) is 24.6 Å². The van der Waals surface area contributed by atoms with Crippen molar-refractivity contribution in [2.45, 2.75) is 63.9 Å². The van der Waals surface area contributed by atoms with E-state index in [0.29, 0.717) is 11.3 Å². The van der Waals surface area contributed by atoms with Crippen LogP contribution in [0.5, 0.6) is 5.75 Å². The van der Waals surface area contributed by atoms with Gasteiger partial charge in [0.1, 0.15) is 23.5 Å². The van der Waals surface area contributed by atoms with Crippen LogP contribution in [0.4, 0.5) is 16.2 Å². The molecule has 3 aromatic rings. The van der Waals surface area contributed by atoms with E-state index < -0.39 is 56.6 Å². The summed E-state index contributed by atoms with van der Waals surface area (Å²) >= 11 is 0. The normalized spacial score (nSPS) is 23.6. The summed E-state index contributed by atoms with van der Waals surface area (Å²) in [5.74, 6) is -0.136. The van der Waals surface area contributed by atoms with Gasteiger partial charge in [0.2, 0.25) is 5.95 Å². The summed E-state index contributed by atoms with van der Waals surface area (Å²) < 4.78 is 53.2. The first-order valence-corrected chi connectivity index (χ1v) is 14.4. The zero-order valence-corrected chi connectivity index (χ0v) is 27.4. The first-order chi connectivity index (χ1) is 19.2. The van der Waals surface area contributed by atoms with Crippen LogP contribution in [0.25, 0.3) is 11.2 Å². The Hall–Kier alpha value is -2.70. The van der Waals surface area contributed by atoms with Gasteiger partial charge in [0.15, 0.2) is 29.4 Å². The Bertz CT molecular complexity index is 1430. The molecule has 1 fully saturated rings. The fourth-order valence-electron chi connectivity index (χ4n) is 4.20. The summed E-state index contributed by atoms with van der Waals surface area (Å²) in [7, 11) is -0.814. The van der Waals surface area contributed by atoms with Crippen molar-refractivity contribution in [3.05, 3.63) is 44.1 Å². The SMILES string of the molecule is CC(C)OC(=O)[C@H](C)N[P@](=O)(OC[C@@]1(C)O[C@@H](n2cnc3c(N(C)C)nc(N)nc32)[C@H](F)[C@@H]1O)Oc1ccccc1.[CH3-].[Pd]. The van der Waals surface area contributed by atoms with Gasteiger partial charge in [-0.25, -0.2) is 13.9 Å². The molecule has 0 radical (unpaired) electrons. The molecule has 0 spiro atoms. The molecule has 1 aliphatic heterocycles. The van der Waals surface area contributed by atoms with Gasteiger partial charge in [-0.05, 0) is 39.8 Å². The molecule has 14 nitrogen and oxygen atoms in total. The number of imidazole rings is 1. The van der Waals surface area contributed by atoms with E-state index in [1.807, 2.05) is 0 Å². The van der Waals surface area contributed by atoms with Crippen molar-refractivity contribution < 1.29 is 57.8 Å². The molecule has 3 heterocycles. The number of carbonyl (C=O) groups excluding carboxylic acids is 1. The van der Waals surface area contributed by atoms with E-state index in [2.05, 4.69) is 20.0 Å². The number of aliphatic hydroxyl groups is 1. The molecule has 17 heteroatoms. The number of alkyl halides is 1. The quantitative estimate of drug-likeness (QED) is 0.114. The third kappa shape index (κ3) is 8.07. The van der Waals surface area contributed by atoms with Gasteiger partial charge in [0.25, 0.3) is 0 Å². The summed E-state index contributed by atoms with van der Waals surface area (Å²) in [6.45, 7) is 5.61. The van der Waals surface area contributed by atoms with E-state index in [9.17, 15) is 14.5 Å². The maximum atomic E-state index is 15.6. The molecule has 242 valence electrons. The maximum absolute atomic E-state index is 15.6. The van der Waals surface area contributed by atoms with Crippen LogP contribution < -0.4 is 20.2 Å². The summed E-state index contributed by atoms with van der Waals surface area (Å²) in [4.78, 5) is 26.8. The van der Waals surface area contributed by atoms with Gasteiger partial charge in [-0.2, -0.15) is 15.1 Å². The minimum atomic E-state index is -4.31. The van der Waals surface area contributed by atoms with Crippen LogP contribution in [0.2, 0.25) is 0 Å². The molecule has 4 N–H and O–H groups in total. The Morgan fingerprint density at radius 1 is 1.28 bits per heavy atom. The van der Waals surface area contributed by atoms with E-state index >= 15 is 4.39 Å². The van der Waals surface area contributed by atoms with Crippen LogP contribution in [0.15, 0.2) is 36.7 Å². The first kappa shape index (κ1) is 36.5. The van der Waals surface area contributed by atoms with Crippen molar-refractivity contribution >= 4 is 36.6 Å². The van der Waals surface area contributed by atoms with E-state index in [0.717, 1.165) is 0 Å². The first-order valence-electron chi connectivity index (χ1n) is 12.9. The third-order valence-corrected chi connectivity index (χ3v) is 7.88. The van der Waals surface area contributed by atoms with Gasteiger partial charge >= 0.3 is 13.7 Å². The Morgan fingerprint density at radius 3 is 2.53 bits per heavy atom. The number of rotatable bonds is 11. The number of nitrogens with two attached hydrogens (primary N) is 1. The topological polar surface area (TPSA) is 176 Å². The van der Waals surface area contributed by atoms with Crippen molar-refractivity contribution in [3.63, 3.8) is 0 Å². The zero-order valence-electron chi connectivity index (χ0n) is 24.9. The van der Waals surface area contributed by atoms with Gasteiger partial charge in [0, 0.05) is 34.5 Å². The van der Waals surface area contributed by atoms with E-state index in [1.165, 1.54) is 24.7 Å². The van der Waals surface area contributed by atoms with Crippen LogP contribution in [0.1, 0.15) is 33.9 Å². The van der Waals surface area contributed by atoms with Crippen LogP contribution in [0.3, 0.4) is 0 Å². The Balaban J connectivity index is 0.00000323. The fourth-order valence-corrected chi connectivity index (χ4v) is 5.78. The van der Waals surface area contributed by atoms with Gasteiger partial charge < -0.3 is 37.2 Å². The molecule has 0 aliphatic carbocycles. The predicted molar refractivity (Wildman–Crippen MR) is 154 cm³/mol. The second kappa shape index (κ2) is 14.4. The predicted octanol–water partition coefficient (Wildman–Crippen LogP) is 3.04. The molecule has 1 saturated heterocycles. The van der Waals surface area contributed by atoms with Crippen molar-refractivity contribution in [3.8, 4) is 5.75 Å². The molecule has 43 heavy (non-hydrogen) atoms. The van der Waals surface area contributed by atoms with E-state index in [-0.39, 0.29) is 45.2 Å². The van der Waals surface area contributed by atoms with Crippen molar-refractivity contribution in [2.75, 3.05) is 31.3 Å². The summed E-state index contributed by atoms with van der Waals surface area (Å²) in [5, 5.41) is 13.5. The molecular weight excluding hydrogens is 679 g/mol. The van der Waals surface area contributed by atoms with Gasteiger partial charge in [-0.3, -0.25) is 13.9 Å². The van der Waals surface area contributed by atoms with Crippen LogP contribution in [-0.2, 0) is 43.8 Å². The molecule has 0 amide bonds. The number of benzene rings is 1. The maximum Gasteiger partial charge on any atom is 0.459 e. The summed E-state index contributed by atoms with van der Waals surface area (Å²) in [6, 6.07) is 7.05. The fraction of sp³-hybridized carbons (Fsp3) is 0.500. The second-order valence-corrected chi connectivity index (χ2v) is 12.0. The average molecular weight is 717 g/mol. The number of nitrogens with zero attached hydrogens (tertiary/aromatic N) is 5. The number of nitrogen functional groups attached to an aromatic ring is 1. The van der Waals surface area contributed by atoms with Crippen LogP contribution >= 0.6 is 7.75 Å². The Labute approximate surface area is 263 Å². The molecule has 0 unspecified atom stereocenters. The molecular formula is C26H38FN7O7PPd-. The smallest absolute Gasteiger partial charge is 0.459 e. The monoisotopic (exact) mass is 716 g/mol. The largest absolute Gasteiger partial charge is 0.462 e. The molecule has 2 aromatic heterocycles.